The van der Waals surface area contributed by atoms with Crippen molar-refractivity contribution < 1.29 is 9.53 Å². The molecule has 0 saturated heterocycles. The third-order valence-electron chi connectivity index (χ3n) is 4.99. The number of aromatic nitrogens is 6. The monoisotopic (exact) mass is 419 g/mol. The van der Waals surface area contributed by atoms with Crippen LogP contribution in [0, 0.1) is 0 Å². The van der Waals surface area contributed by atoms with E-state index in [1.165, 1.54) is 0 Å². The molecular formula is C22H25N7O2. The number of amides is 1. The van der Waals surface area contributed by atoms with Crippen molar-refractivity contribution in [3.8, 4) is 5.75 Å². The number of tetrazole rings is 1. The van der Waals surface area contributed by atoms with Gasteiger partial charge in [0.1, 0.15) is 18.2 Å². The number of carbonyl (C=O) groups is 1. The van der Waals surface area contributed by atoms with Crippen LogP contribution in [-0.2, 0) is 19.7 Å². The Morgan fingerprint density at radius 1 is 1.10 bits per heavy atom. The van der Waals surface area contributed by atoms with Gasteiger partial charge in [-0.3, -0.25) is 4.79 Å². The summed E-state index contributed by atoms with van der Waals surface area (Å²) in [6.07, 6.45) is 0. The minimum Gasteiger partial charge on any atom is -0.486 e. The number of carbonyl (C=O) groups excluding carboxylic acids is 1. The fraction of sp³-hybridized carbons (Fsp3) is 0.318. The standard InChI is InChI=1S/C22H25N7O2/c1-4-28-19-8-6-5-7-18(19)24-20(28)13-23-22(30)16-9-11-17(12-10-16)31-14-21-25-26-27-29(21)15(2)3/h5-12,15H,4,13-14H2,1-3H3,(H,23,30). The van der Waals surface area contributed by atoms with Gasteiger partial charge in [0, 0.05) is 12.1 Å². The zero-order chi connectivity index (χ0) is 21.8. The molecule has 1 amide bonds. The van der Waals surface area contributed by atoms with Crippen LogP contribution in [0.4, 0.5) is 0 Å². The summed E-state index contributed by atoms with van der Waals surface area (Å²) in [6.45, 7) is 7.47. The number of nitrogens with one attached hydrogen (secondary N) is 1. The molecule has 0 aliphatic carbocycles. The molecule has 2 aromatic carbocycles. The van der Waals surface area contributed by atoms with E-state index in [0.29, 0.717) is 23.7 Å². The molecule has 4 rings (SSSR count). The van der Waals surface area contributed by atoms with E-state index in [0.717, 1.165) is 23.4 Å². The van der Waals surface area contributed by atoms with Gasteiger partial charge in [0.05, 0.1) is 23.6 Å². The molecule has 0 bridgehead atoms. The van der Waals surface area contributed by atoms with Crippen LogP contribution in [0.25, 0.3) is 11.0 Å². The second kappa shape index (κ2) is 8.95. The number of ether oxygens (including phenoxy) is 1. The molecule has 0 radical (unpaired) electrons. The Hall–Kier alpha value is -3.75. The maximum atomic E-state index is 12.6. The molecule has 0 spiro atoms. The first-order valence-electron chi connectivity index (χ1n) is 10.3. The molecule has 9 heteroatoms. The lowest BCUT2D eigenvalue weighted by molar-refractivity contribution is 0.0949. The fourth-order valence-electron chi connectivity index (χ4n) is 3.43. The minimum absolute atomic E-state index is 0.153. The molecular weight excluding hydrogens is 394 g/mol. The van der Waals surface area contributed by atoms with Crippen LogP contribution in [0.1, 0.15) is 48.8 Å². The van der Waals surface area contributed by atoms with Gasteiger partial charge in [-0.2, -0.15) is 0 Å². The molecule has 31 heavy (non-hydrogen) atoms. The summed E-state index contributed by atoms with van der Waals surface area (Å²) in [5, 5.41) is 14.6. The number of fused-ring (bicyclic) bond motifs is 1. The smallest absolute Gasteiger partial charge is 0.251 e. The molecule has 4 aromatic rings. The Kier molecular flexibility index (Phi) is 5.92. The number of nitrogens with zero attached hydrogens (tertiary/aromatic N) is 6. The Bertz CT molecular complexity index is 1180. The van der Waals surface area contributed by atoms with Gasteiger partial charge in [-0.1, -0.05) is 12.1 Å². The summed E-state index contributed by atoms with van der Waals surface area (Å²) in [5.74, 6) is 1.96. The van der Waals surface area contributed by atoms with Crippen molar-refractivity contribution in [1.82, 2.24) is 35.1 Å². The van der Waals surface area contributed by atoms with Gasteiger partial charge in [-0.15, -0.1) is 5.10 Å². The highest BCUT2D eigenvalue weighted by Gasteiger charge is 2.12. The van der Waals surface area contributed by atoms with Gasteiger partial charge in [0.2, 0.25) is 0 Å². The van der Waals surface area contributed by atoms with Crippen molar-refractivity contribution in [2.75, 3.05) is 0 Å². The zero-order valence-corrected chi connectivity index (χ0v) is 17.8. The van der Waals surface area contributed by atoms with Gasteiger partial charge in [-0.05, 0) is 67.6 Å². The lowest BCUT2D eigenvalue weighted by Crippen LogP contribution is -2.24. The topological polar surface area (TPSA) is 99.8 Å². The molecule has 9 nitrogen and oxygen atoms in total. The molecule has 0 aliphatic heterocycles. The molecule has 2 heterocycles. The average molecular weight is 419 g/mol. The van der Waals surface area contributed by atoms with Crippen LogP contribution in [0.15, 0.2) is 48.5 Å². The minimum atomic E-state index is -0.162. The van der Waals surface area contributed by atoms with Crippen molar-refractivity contribution in [3.63, 3.8) is 0 Å². The Morgan fingerprint density at radius 2 is 1.87 bits per heavy atom. The number of hydrogen-bond acceptors (Lipinski definition) is 6. The Labute approximate surface area is 180 Å². The van der Waals surface area contributed by atoms with Gasteiger partial charge >= 0.3 is 0 Å². The lowest BCUT2D eigenvalue weighted by Gasteiger charge is -2.10. The average Bonchev–Trinajstić information content (AvgIpc) is 3.40. The molecule has 0 atom stereocenters. The molecule has 2 aromatic heterocycles. The van der Waals surface area contributed by atoms with E-state index in [4.69, 9.17) is 4.74 Å². The van der Waals surface area contributed by atoms with Gasteiger partial charge in [0.25, 0.3) is 5.91 Å². The summed E-state index contributed by atoms with van der Waals surface area (Å²) in [6, 6.07) is 15.1. The second-order valence-electron chi connectivity index (χ2n) is 7.39. The third-order valence-corrected chi connectivity index (χ3v) is 4.99. The van der Waals surface area contributed by atoms with Crippen LogP contribution >= 0.6 is 0 Å². The van der Waals surface area contributed by atoms with Crippen molar-refractivity contribution in [2.24, 2.45) is 0 Å². The maximum absolute atomic E-state index is 12.6. The number of imidazole rings is 1. The van der Waals surface area contributed by atoms with E-state index in [2.05, 4.69) is 37.3 Å². The molecule has 0 fully saturated rings. The summed E-state index contributed by atoms with van der Waals surface area (Å²) in [5.41, 5.74) is 2.55. The summed E-state index contributed by atoms with van der Waals surface area (Å²) in [4.78, 5) is 17.2. The van der Waals surface area contributed by atoms with Crippen LogP contribution in [0.5, 0.6) is 5.75 Å². The third kappa shape index (κ3) is 4.40. The van der Waals surface area contributed by atoms with Crippen molar-refractivity contribution in [3.05, 3.63) is 65.7 Å². The van der Waals surface area contributed by atoms with Crippen molar-refractivity contribution in [2.45, 2.75) is 46.5 Å². The molecule has 0 saturated carbocycles. The summed E-state index contributed by atoms with van der Waals surface area (Å²) >= 11 is 0. The Balaban J connectivity index is 1.37. The zero-order valence-electron chi connectivity index (χ0n) is 17.8. The predicted molar refractivity (Wildman–Crippen MR) is 116 cm³/mol. The summed E-state index contributed by atoms with van der Waals surface area (Å²) < 4.78 is 9.58. The molecule has 160 valence electrons. The van der Waals surface area contributed by atoms with E-state index < -0.39 is 0 Å². The molecule has 0 unspecified atom stereocenters. The van der Waals surface area contributed by atoms with Gasteiger partial charge in [0.15, 0.2) is 5.82 Å². The number of hydrogen-bond donors (Lipinski definition) is 1. The fourth-order valence-corrected chi connectivity index (χ4v) is 3.43. The van der Waals surface area contributed by atoms with Crippen LogP contribution in [0.2, 0.25) is 0 Å². The van der Waals surface area contributed by atoms with Gasteiger partial charge < -0.3 is 14.6 Å². The Morgan fingerprint density at radius 3 is 2.61 bits per heavy atom. The highest BCUT2D eigenvalue weighted by Crippen LogP contribution is 2.17. The highest BCUT2D eigenvalue weighted by atomic mass is 16.5. The second-order valence-corrected chi connectivity index (χ2v) is 7.39. The van der Waals surface area contributed by atoms with Gasteiger partial charge in [-0.25, -0.2) is 9.67 Å². The largest absolute Gasteiger partial charge is 0.486 e. The van der Waals surface area contributed by atoms with Crippen molar-refractivity contribution >= 4 is 16.9 Å². The van der Waals surface area contributed by atoms with Crippen molar-refractivity contribution in [1.29, 1.82) is 0 Å². The van der Waals surface area contributed by atoms with E-state index in [1.54, 1.807) is 28.9 Å². The summed E-state index contributed by atoms with van der Waals surface area (Å²) in [7, 11) is 0. The lowest BCUT2D eigenvalue weighted by atomic mass is 10.2. The van der Waals surface area contributed by atoms with E-state index >= 15 is 0 Å². The first-order valence-corrected chi connectivity index (χ1v) is 10.3. The quantitative estimate of drug-likeness (QED) is 0.471. The first-order chi connectivity index (χ1) is 15.1. The first kappa shape index (κ1) is 20.5. The molecule has 0 aliphatic rings. The highest BCUT2D eigenvalue weighted by molar-refractivity contribution is 5.94. The van der Waals surface area contributed by atoms with Crippen LogP contribution < -0.4 is 10.1 Å². The number of para-hydroxylation sites is 2. The van der Waals surface area contributed by atoms with E-state index in [1.807, 2.05) is 38.1 Å². The van der Waals surface area contributed by atoms with E-state index in [-0.39, 0.29) is 18.6 Å². The normalized spacial score (nSPS) is 11.2. The van der Waals surface area contributed by atoms with Crippen LogP contribution in [-0.4, -0.2) is 35.7 Å². The SMILES string of the molecule is CCn1c(CNC(=O)c2ccc(OCc3nnnn3C(C)C)cc2)nc2ccccc21. The maximum Gasteiger partial charge on any atom is 0.251 e. The number of rotatable bonds is 8. The van der Waals surface area contributed by atoms with Crippen LogP contribution in [0.3, 0.4) is 0 Å². The number of benzene rings is 2. The number of aryl methyl sites for hydroxylation is 1. The molecule has 1 N–H and O–H groups in total. The predicted octanol–water partition coefficient (Wildman–Crippen LogP) is 3.13. The van der Waals surface area contributed by atoms with E-state index in [9.17, 15) is 4.79 Å².